The molecule has 3 rings (SSSR count). The van der Waals surface area contributed by atoms with Crippen molar-refractivity contribution in [3.8, 4) is 11.4 Å². The number of amides is 1. The minimum absolute atomic E-state index is 0.0483. The minimum atomic E-state index is -0.0483. The highest BCUT2D eigenvalue weighted by atomic mass is 16.5. The Morgan fingerprint density at radius 3 is 2.73 bits per heavy atom. The van der Waals surface area contributed by atoms with E-state index in [1.165, 1.54) is 4.80 Å². The predicted octanol–water partition coefficient (Wildman–Crippen LogP) is 3.31. The largest absolute Gasteiger partial charge is 0.379 e. The molecule has 158 valence electrons. The van der Waals surface area contributed by atoms with E-state index in [1.54, 1.807) is 0 Å². The number of nitrogens with zero attached hydrogens (tertiary/aromatic N) is 4. The molecule has 8 heteroatoms. The molecule has 0 radical (unpaired) electrons. The summed E-state index contributed by atoms with van der Waals surface area (Å²) in [6.45, 7) is 4.79. The average molecular weight is 409 g/mol. The van der Waals surface area contributed by atoms with E-state index in [0.29, 0.717) is 51.6 Å². The molecule has 0 saturated heterocycles. The molecule has 1 aromatic heterocycles. The number of carbonyl (C=O) groups excluding carboxylic acids is 1. The van der Waals surface area contributed by atoms with Gasteiger partial charge in [-0.1, -0.05) is 42.5 Å². The first-order valence-electron chi connectivity index (χ1n) is 10.1. The highest BCUT2D eigenvalue weighted by Crippen LogP contribution is 2.13. The van der Waals surface area contributed by atoms with Gasteiger partial charge in [0.2, 0.25) is 11.7 Å². The fourth-order valence-corrected chi connectivity index (χ4v) is 2.84. The number of hydrogen-bond acceptors (Lipinski definition) is 6. The van der Waals surface area contributed by atoms with E-state index < -0.39 is 0 Å². The van der Waals surface area contributed by atoms with Gasteiger partial charge in [-0.25, -0.2) is 0 Å². The van der Waals surface area contributed by atoms with Gasteiger partial charge in [0.25, 0.3) is 0 Å². The summed E-state index contributed by atoms with van der Waals surface area (Å²) in [4.78, 5) is 13.8. The van der Waals surface area contributed by atoms with Crippen LogP contribution in [0.15, 0.2) is 54.6 Å². The third-order valence-corrected chi connectivity index (χ3v) is 4.30. The molecule has 0 unspecified atom stereocenters. The summed E-state index contributed by atoms with van der Waals surface area (Å²) in [5.41, 5.74) is 2.68. The van der Waals surface area contributed by atoms with E-state index in [4.69, 9.17) is 9.47 Å². The number of benzene rings is 2. The molecule has 0 aliphatic carbocycles. The summed E-state index contributed by atoms with van der Waals surface area (Å²) in [7, 11) is 0. The normalized spacial score (nSPS) is 10.8. The highest BCUT2D eigenvalue weighted by Gasteiger charge is 2.07. The second-order valence-electron chi connectivity index (χ2n) is 6.68. The Kier molecular flexibility index (Phi) is 8.49. The quantitative estimate of drug-likeness (QED) is 0.462. The lowest BCUT2D eigenvalue weighted by Crippen LogP contribution is -2.13. The molecule has 0 aliphatic rings. The third-order valence-electron chi connectivity index (χ3n) is 4.30. The zero-order chi connectivity index (χ0) is 21.0. The van der Waals surface area contributed by atoms with Crippen LogP contribution in [0.25, 0.3) is 11.4 Å². The van der Waals surface area contributed by atoms with Crippen LogP contribution in [0.2, 0.25) is 0 Å². The SMILES string of the molecule is CCOCCOCc1cccc(NC(=O)CCCn2nnc(-c3ccccc3)n2)c1. The van der Waals surface area contributed by atoms with Crippen LogP contribution < -0.4 is 5.32 Å². The number of nitrogens with one attached hydrogen (secondary N) is 1. The number of aryl methyl sites for hydroxylation is 1. The van der Waals surface area contributed by atoms with Gasteiger partial charge in [0.1, 0.15) is 0 Å². The van der Waals surface area contributed by atoms with Crippen molar-refractivity contribution >= 4 is 11.6 Å². The maximum atomic E-state index is 12.2. The van der Waals surface area contributed by atoms with E-state index in [0.717, 1.165) is 16.8 Å². The second kappa shape index (κ2) is 11.8. The van der Waals surface area contributed by atoms with Crippen LogP contribution in [0, 0.1) is 0 Å². The summed E-state index contributed by atoms with van der Waals surface area (Å²) < 4.78 is 10.8. The molecule has 0 aliphatic heterocycles. The van der Waals surface area contributed by atoms with Gasteiger partial charge in [0.15, 0.2) is 0 Å². The lowest BCUT2D eigenvalue weighted by molar-refractivity contribution is -0.116. The third kappa shape index (κ3) is 7.06. The van der Waals surface area contributed by atoms with Crippen molar-refractivity contribution in [3.63, 3.8) is 0 Å². The van der Waals surface area contributed by atoms with E-state index in [2.05, 4.69) is 20.7 Å². The van der Waals surface area contributed by atoms with Crippen molar-refractivity contribution in [1.29, 1.82) is 0 Å². The number of tetrazole rings is 1. The van der Waals surface area contributed by atoms with Crippen LogP contribution in [0.4, 0.5) is 5.69 Å². The monoisotopic (exact) mass is 409 g/mol. The van der Waals surface area contributed by atoms with E-state index in [-0.39, 0.29) is 5.91 Å². The Morgan fingerprint density at radius 1 is 1.07 bits per heavy atom. The Bertz CT molecular complexity index is 914. The molecule has 30 heavy (non-hydrogen) atoms. The zero-order valence-corrected chi connectivity index (χ0v) is 17.2. The molecule has 8 nitrogen and oxygen atoms in total. The van der Waals surface area contributed by atoms with Crippen LogP contribution >= 0.6 is 0 Å². The number of anilines is 1. The summed E-state index contributed by atoms with van der Waals surface area (Å²) in [6, 6.07) is 17.3. The predicted molar refractivity (Wildman–Crippen MR) is 114 cm³/mol. The summed E-state index contributed by atoms with van der Waals surface area (Å²) >= 11 is 0. The van der Waals surface area contributed by atoms with Gasteiger partial charge in [0, 0.05) is 24.3 Å². The van der Waals surface area contributed by atoms with Crippen molar-refractivity contribution in [2.45, 2.75) is 32.9 Å². The maximum Gasteiger partial charge on any atom is 0.224 e. The van der Waals surface area contributed by atoms with E-state index >= 15 is 0 Å². The smallest absolute Gasteiger partial charge is 0.224 e. The molecule has 0 spiro atoms. The molecule has 3 aromatic rings. The zero-order valence-electron chi connectivity index (χ0n) is 17.2. The Labute approximate surface area is 176 Å². The number of ether oxygens (including phenoxy) is 2. The number of aromatic nitrogens is 4. The van der Waals surface area contributed by atoms with Crippen molar-refractivity contribution in [3.05, 3.63) is 60.2 Å². The van der Waals surface area contributed by atoms with Crippen molar-refractivity contribution in [2.24, 2.45) is 0 Å². The standard InChI is InChI=1S/C22H27N5O3/c1-2-29-14-15-30-17-18-8-6-11-20(16-18)23-21(28)12-7-13-27-25-22(24-26-27)19-9-4-3-5-10-19/h3-6,8-11,16H,2,7,12-15,17H2,1H3,(H,23,28). The van der Waals surface area contributed by atoms with Crippen molar-refractivity contribution < 1.29 is 14.3 Å². The molecule has 1 amide bonds. The van der Waals surface area contributed by atoms with Crippen molar-refractivity contribution in [2.75, 3.05) is 25.1 Å². The summed E-state index contributed by atoms with van der Waals surface area (Å²) in [5.74, 6) is 0.535. The number of rotatable bonds is 12. The Hall–Kier alpha value is -3.10. The molecule has 1 heterocycles. The first kappa shape index (κ1) is 21.6. The van der Waals surface area contributed by atoms with Gasteiger partial charge >= 0.3 is 0 Å². The van der Waals surface area contributed by atoms with Gasteiger partial charge in [-0.3, -0.25) is 4.79 Å². The van der Waals surface area contributed by atoms with E-state index in [1.807, 2.05) is 61.5 Å². The molecular formula is C22H27N5O3. The molecular weight excluding hydrogens is 382 g/mol. The van der Waals surface area contributed by atoms with Crippen LogP contribution in [0.1, 0.15) is 25.3 Å². The Balaban J connectivity index is 1.40. The van der Waals surface area contributed by atoms with Crippen LogP contribution in [-0.2, 0) is 27.4 Å². The summed E-state index contributed by atoms with van der Waals surface area (Å²) in [5, 5.41) is 15.4. The average Bonchev–Trinajstić information content (AvgIpc) is 3.23. The molecule has 2 aromatic carbocycles. The lowest BCUT2D eigenvalue weighted by atomic mass is 10.2. The van der Waals surface area contributed by atoms with Crippen LogP contribution in [-0.4, -0.2) is 45.9 Å². The molecule has 0 atom stereocenters. The van der Waals surface area contributed by atoms with Gasteiger partial charge < -0.3 is 14.8 Å². The van der Waals surface area contributed by atoms with Gasteiger partial charge in [0.05, 0.1) is 26.4 Å². The van der Waals surface area contributed by atoms with Crippen LogP contribution in [0.5, 0.6) is 0 Å². The lowest BCUT2D eigenvalue weighted by Gasteiger charge is -2.08. The molecule has 0 bridgehead atoms. The number of carbonyl (C=O) groups is 1. The second-order valence-corrected chi connectivity index (χ2v) is 6.68. The highest BCUT2D eigenvalue weighted by molar-refractivity contribution is 5.90. The van der Waals surface area contributed by atoms with Crippen LogP contribution in [0.3, 0.4) is 0 Å². The van der Waals surface area contributed by atoms with Gasteiger partial charge in [-0.15, -0.1) is 10.2 Å². The first-order chi connectivity index (χ1) is 14.7. The minimum Gasteiger partial charge on any atom is -0.379 e. The first-order valence-corrected chi connectivity index (χ1v) is 10.1. The van der Waals surface area contributed by atoms with E-state index in [9.17, 15) is 4.79 Å². The van der Waals surface area contributed by atoms with Gasteiger partial charge in [-0.05, 0) is 36.3 Å². The molecule has 0 saturated carbocycles. The number of hydrogen-bond donors (Lipinski definition) is 1. The maximum absolute atomic E-state index is 12.2. The topological polar surface area (TPSA) is 91.2 Å². The van der Waals surface area contributed by atoms with Crippen molar-refractivity contribution in [1.82, 2.24) is 20.2 Å². The molecule has 1 N–H and O–H groups in total. The Morgan fingerprint density at radius 2 is 1.90 bits per heavy atom. The van der Waals surface area contributed by atoms with Gasteiger partial charge in [-0.2, -0.15) is 4.80 Å². The fraction of sp³-hybridized carbons (Fsp3) is 0.364. The fourth-order valence-electron chi connectivity index (χ4n) is 2.84. The summed E-state index contributed by atoms with van der Waals surface area (Å²) in [6.07, 6.45) is 0.994. The molecule has 0 fully saturated rings.